The molecule has 0 aliphatic heterocycles. The van der Waals surface area contributed by atoms with Crippen molar-refractivity contribution in [2.75, 3.05) is 6.61 Å². The van der Waals surface area contributed by atoms with Gasteiger partial charge in [-0.25, -0.2) is 9.59 Å². The lowest BCUT2D eigenvalue weighted by atomic mass is 10.2. The molecule has 0 N–H and O–H groups in total. The first-order valence-electron chi connectivity index (χ1n) is 7.31. The molecule has 3 rings (SSSR count). The van der Waals surface area contributed by atoms with Gasteiger partial charge >= 0.3 is 11.6 Å². The molecule has 3 aromatic rings. The minimum atomic E-state index is -0.659. The SMILES string of the molecule is CCOC(=O)c1cc2c(oc1=O)c(CC)n1cc(C)ccc21. The molecule has 0 fully saturated rings. The second-order valence-electron chi connectivity index (χ2n) is 5.17. The molecule has 0 unspecified atom stereocenters. The maximum Gasteiger partial charge on any atom is 0.351 e. The summed E-state index contributed by atoms with van der Waals surface area (Å²) in [5.41, 5.74) is 2.74. The van der Waals surface area contributed by atoms with Crippen LogP contribution in [0, 0.1) is 6.92 Å². The van der Waals surface area contributed by atoms with E-state index in [0.29, 0.717) is 5.58 Å². The van der Waals surface area contributed by atoms with Crippen LogP contribution in [0.15, 0.2) is 33.6 Å². The van der Waals surface area contributed by atoms with E-state index < -0.39 is 11.6 Å². The van der Waals surface area contributed by atoms with Gasteiger partial charge < -0.3 is 13.6 Å². The Bertz CT molecular complexity index is 933. The number of fused-ring (bicyclic) bond motifs is 3. The third kappa shape index (κ3) is 2.09. The lowest BCUT2D eigenvalue weighted by molar-refractivity contribution is 0.0522. The summed E-state index contributed by atoms with van der Waals surface area (Å²) in [6.07, 6.45) is 2.72. The number of carbonyl (C=O) groups is 1. The third-order valence-electron chi connectivity index (χ3n) is 3.70. The highest BCUT2D eigenvalue weighted by Gasteiger charge is 2.19. The maximum atomic E-state index is 12.1. The molecule has 114 valence electrons. The zero-order valence-electron chi connectivity index (χ0n) is 12.8. The summed E-state index contributed by atoms with van der Waals surface area (Å²) in [6, 6.07) is 5.53. The van der Waals surface area contributed by atoms with Crippen molar-refractivity contribution in [1.29, 1.82) is 0 Å². The van der Waals surface area contributed by atoms with Crippen molar-refractivity contribution in [3.63, 3.8) is 0 Å². The normalized spacial score (nSPS) is 11.2. The predicted molar refractivity (Wildman–Crippen MR) is 83.5 cm³/mol. The van der Waals surface area contributed by atoms with E-state index in [9.17, 15) is 9.59 Å². The molecule has 0 aliphatic carbocycles. The van der Waals surface area contributed by atoms with Crippen LogP contribution in [0.25, 0.3) is 16.5 Å². The standard InChI is InChI=1S/C17H17NO4/c1-4-13-15-11(14-7-6-10(3)9-18(13)14)8-12(17(20)22-15)16(19)21-5-2/h6-9H,4-5H2,1-3H3. The van der Waals surface area contributed by atoms with Crippen molar-refractivity contribution in [2.45, 2.75) is 27.2 Å². The number of pyridine rings is 1. The van der Waals surface area contributed by atoms with Gasteiger partial charge in [-0.3, -0.25) is 0 Å². The van der Waals surface area contributed by atoms with Crippen molar-refractivity contribution in [3.8, 4) is 0 Å². The van der Waals surface area contributed by atoms with Gasteiger partial charge in [0.25, 0.3) is 0 Å². The fourth-order valence-corrected chi connectivity index (χ4v) is 2.72. The number of nitrogens with zero attached hydrogens (tertiary/aromatic N) is 1. The lowest BCUT2D eigenvalue weighted by Crippen LogP contribution is -2.16. The Kier molecular flexibility index (Phi) is 3.48. The van der Waals surface area contributed by atoms with Gasteiger partial charge in [-0.2, -0.15) is 0 Å². The van der Waals surface area contributed by atoms with E-state index >= 15 is 0 Å². The first kappa shape index (κ1) is 14.4. The Morgan fingerprint density at radius 2 is 2.09 bits per heavy atom. The van der Waals surface area contributed by atoms with Gasteiger partial charge in [-0.1, -0.05) is 13.0 Å². The molecule has 3 heterocycles. The number of hydrogen-bond donors (Lipinski definition) is 0. The Hall–Kier alpha value is -2.56. The molecule has 5 heteroatoms. The van der Waals surface area contributed by atoms with Crippen LogP contribution in [-0.4, -0.2) is 17.0 Å². The minimum absolute atomic E-state index is 0.0647. The highest BCUT2D eigenvalue weighted by Crippen LogP contribution is 2.27. The average molecular weight is 299 g/mol. The first-order valence-corrected chi connectivity index (χ1v) is 7.31. The van der Waals surface area contributed by atoms with E-state index in [1.54, 1.807) is 13.0 Å². The van der Waals surface area contributed by atoms with Crippen LogP contribution in [0.3, 0.4) is 0 Å². The number of aromatic nitrogens is 1. The third-order valence-corrected chi connectivity index (χ3v) is 3.70. The van der Waals surface area contributed by atoms with Crippen LogP contribution in [0.2, 0.25) is 0 Å². The summed E-state index contributed by atoms with van der Waals surface area (Å²) < 4.78 is 12.4. The molecule has 0 bridgehead atoms. The summed E-state index contributed by atoms with van der Waals surface area (Å²) in [5.74, 6) is -0.650. The van der Waals surface area contributed by atoms with Crippen molar-refractivity contribution in [1.82, 2.24) is 4.40 Å². The quantitative estimate of drug-likeness (QED) is 0.697. The van der Waals surface area contributed by atoms with Gasteiger partial charge in [-0.05, 0) is 38.0 Å². The summed E-state index contributed by atoms with van der Waals surface area (Å²) in [6.45, 7) is 5.92. The number of ether oxygens (including phenoxy) is 1. The van der Waals surface area contributed by atoms with Crippen molar-refractivity contribution in [2.24, 2.45) is 0 Å². The topological polar surface area (TPSA) is 60.9 Å². The lowest BCUT2D eigenvalue weighted by Gasteiger charge is -2.00. The summed E-state index contributed by atoms with van der Waals surface area (Å²) >= 11 is 0. The molecule has 22 heavy (non-hydrogen) atoms. The highest BCUT2D eigenvalue weighted by atomic mass is 16.5. The minimum Gasteiger partial charge on any atom is -0.462 e. The van der Waals surface area contributed by atoms with Crippen LogP contribution >= 0.6 is 0 Å². The largest absolute Gasteiger partial charge is 0.462 e. The molecule has 0 saturated carbocycles. The van der Waals surface area contributed by atoms with Crippen molar-refractivity contribution < 1.29 is 13.9 Å². The number of rotatable bonds is 3. The molecular weight excluding hydrogens is 282 g/mol. The molecule has 0 atom stereocenters. The van der Waals surface area contributed by atoms with E-state index in [4.69, 9.17) is 9.15 Å². The number of hydrogen-bond acceptors (Lipinski definition) is 4. The Balaban J connectivity index is 2.39. The Morgan fingerprint density at radius 1 is 1.32 bits per heavy atom. The van der Waals surface area contributed by atoms with Crippen LogP contribution in [-0.2, 0) is 11.2 Å². The molecule has 0 spiro atoms. The van der Waals surface area contributed by atoms with E-state index in [1.807, 2.05) is 36.6 Å². The first-order chi connectivity index (χ1) is 10.6. The van der Waals surface area contributed by atoms with E-state index in [1.165, 1.54) is 0 Å². The van der Waals surface area contributed by atoms with E-state index in [2.05, 4.69) is 0 Å². The zero-order chi connectivity index (χ0) is 15.9. The van der Waals surface area contributed by atoms with Crippen LogP contribution in [0.4, 0.5) is 0 Å². The highest BCUT2D eigenvalue weighted by molar-refractivity contribution is 6.00. The average Bonchev–Trinajstić information content (AvgIpc) is 2.78. The maximum absolute atomic E-state index is 12.1. The molecule has 3 aromatic heterocycles. The van der Waals surface area contributed by atoms with E-state index in [-0.39, 0.29) is 12.2 Å². The molecule has 0 aliphatic rings. The predicted octanol–water partition coefficient (Wildman–Crippen LogP) is 3.09. The van der Waals surface area contributed by atoms with E-state index in [0.717, 1.165) is 28.6 Å². The van der Waals surface area contributed by atoms with Crippen LogP contribution < -0.4 is 5.63 Å². The Morgan fingerprint density at radius 3 is 2.77 bits per heavy atom. The monoisotopic (exact) mass is 299 g/mol. The fourth-order valence-electron chi connectivity index (χ4n) is 2.72. The van der Waals surface area contributed by atoms with Gasteiger partial charge in [-0.15, -0.1) is 0 Å². The summed E-state index contributed by atoms with van der Waals surface area (Å²) in [4.78, 5) is 24.0. The van der Waals surface area contributed by atoms with Crippen LogP contribution in [0.1, 0.15) is 35.5 Å². The van der Waals surface area contributed by atoms with Gasteiger partial charge in [0.2, 0.25) is 0 Å². The summed E-state index contributed by atoms with van der Waals surface area (Å²) in [7, 11) is 0. The second-order valence-corrected chi connectivity index (χ2v) is 5.17. The van der Waals surface area contributed by atoms with Gasteiger partial charge in [0.15, 0.2) is 5.58 Å². The number of aryl methyl sites for hydroxylation is 2. The zero-order valence-corrected chi connectivity index (χ0v) is 12.8. The fraction of sp³-hybridized carbons (Fsp3) is 0.294. The molecule has 0 saturated heterocycles. The molecule has 5 nitrogen and oxygen atoms in total. The second kappa shape index (κ2) is 5.33. The molecule has 0 amide bonds. The molecule has 0 aromatic carbocycles. The number of carbonyl (C=O) groups excluding carboxylic acids is 1. The molecular formula is C17H17NO4. The van der Waals surface area contributed by atoms with Crippen LogP contribution in [0.5, 0.6) is 0 Å². The number of esters is 1. The Labute approximate surface area is 127 Å². The smallest absolute Gasteiger partial charge is 0.351 e. The van der Waals surface area contributed by atoms with Gasteiger partial charge in [0, 0.05) is 11.6 Å². The van der Waals surface area contributed by atoms with Crippen molar-refractivity contribution in [3.05, 3.63) is 51.6 Å². The van der Waals surface area contributed by atoms with Gasteiger partial charge in [0.05, 0.1) is 17.8 Å². The molecule has 0 radical (unpaired) electrons. The van der Waals surface area contributed by atoms with Gasteiger partial charge in [0.1, 0.15) is 5.56 Å². The summed E-state index contributed by atoms with van der Waals surface area (Å²) in [5, 5.41) is 0.750. The van der Waals surface area contributed by atoms with Crippen molar-refractivity contribution >= 4 is 22.5 Å².